The van der Waals surface area contributed by atoms with Crippen molar-refractivity contribution in [2.45, 2.75) is 24.9 Å². The van der Waals surface area contributed by atoms with Crippen LogP contribution in [0.4, 0.5) is 5.82 Å². The molecular weight excluding hydrogens is 378 g/mol. The van der Waals surface area contributed by atoms with Gasteiger partial charge in [0.1, 0.15) is 0 Å². The smallest absolute Gasteiger partial charge is 0.262 e. The summed E-state index contributed by atoms with van der Waals surface area (Å²) in [5.74, 6) is 1.49. The van der Waals surface area contributed by atoms with Crippen LogP contribution in [-0.4, -0.2) is 63.2 Å². The maximum Gasteiger partial charge on any atom is 0.262 e. The number of hydrogen-bond donors (Lipinski definition) is 0. The van der Waals surface area contributed by atoms with E-state index in [4.69, 9.17) is 0 Å². The average molecular weight is 401 g/mol. The summed E-state index contributed by atoms with van der Waals surface area (Å²) < 4.78 is 30.9. The summed E-state index contributed by atoms with van der Waals surface area (Å²) in [6, 6.07) is 7.85. The fraction of sp³-hybridized carbons (Fsp3) is 0.389. The first-order chi connectivity index (χ1) is 13.4. The maximum atomic E-state index is 12.8. The van der Waals surface area contributed by atoms with Crippen molar-refractivity contribution in [3.63, 3.8) is 0 Å². The molecule has 0 unspecified atom stereocenters. The highest BCUT2D eigenvalue weighted by Gasteiger charge is 2.30. The largest absolute Gasteiger partial charge is 0.352 e. The second-order valence-corrected chi connectivity index (χ2v) is 8.87. The second kappa shape index (κ2) is 7.36. The molecule has 1 saturated heterocycles. The van der Waals surface area contributed by atoms with Gasteiger partial charge in [-0.15, -0.1) is 10.2 Å². The fourth-order valence-electron chi connectivity index (χ4n) is 3.14. The van der Waals surface area contributed by atoms with Crippen LogP contribution in [0.25, 0.3) is 5.82 Å². The van der Waals surface area contributed by atoms with Gasteiger partial charge in [-0.2, -0.15) is 4.31 Å². The molecule has 10 heteroatoms. The molecule has 0 saturated carbocycles. The summed E-state index contributed by atoms with van der Waals surface area (Å²) in [7, 11) is -3.58. The molecule has 1 fully saturated rings. The highest BCUT2D eigenvalue weighted by Crippen LogP contribution is 2.20. The van der Waals surface area contributed by atoms with Crippen molar-refractivity contribution >= 4 is 15.8 Å². The van der Waals surface area contributed by atoms with Crippen LogP contribution in [0.1, 0.15) is 19.9 Å². The van der Waals surface area contributed by atoms with Crippen molar-refractivity contribution in [1.29, 1.82) is 0 Å². The number of piperazine rings is 1. The summed E-state index contributed by atoms with van der Waals surface area (Å²) in [5, 5.41) is 8.66. The quantitative estimate of drug-likeness (QED) is 0.645. The Morgan fingerprint density at radius 2 is 1.61 bits per heavy atom. The van der Waals surface area contributed by atoms with E-state index in [0.29, 0.717) is 26.2 Å². The minimum atomic E-state index is -3.58. The van der Waals surface area contributed by atoms with Crippen LogP contribution in [-0.2, 0) is 10.0 Å². The van der Waals surface area contributed by atoms with Crippen molar-refractivity contribution in [3.8, 4) is 5.82 Å². The Labute approximate surface area is 164 Å². The number of imidazole rings is 1. The Morgan fingerprint density at radius 1 is 0.964 bits per heavy atom. The first-order valence-corrected chi connectivity index (χ1v) is 10.6. The van der Waals surface area contributed by atoms with Crippen LogP contribution >= 0.6 is 0 Å². The minimum absolute atomic E-state index is 0.102. The van der Waals surface area contributed by atoms with E-state index in [1.165, 1.54) is 4.31 Å². The molecule has 0 radical (unpaired) electrons. The predicted octanol–water partition coefficient (Wildman–Crippen LogP) is 1.56. The molecule has 0 atom stereocenters. The standard InChI is InChI=1S/C18H23N7O2S/c1-15(2)24-13-18(19-14-24)28(26,27)25-11-9-23(10-12-25)17-6-5-16(20-21-17)22-7-3-4-8-22/h3-8,13-15H,9-12H2,1-2H3. The van der Waals surface area contributed by atoms with Crippen molar-refractivity contribution in [3.05, 3.63) is 49.2 Å². The van der Waals surface area contributed by atoms with E-state index in [1.807, 2.05) is 60.0 Å². The molecule has 0 aliphatic carbocycles. The van der Waals surface area contributed by atoms with Gasteiger partial charge in [-0.1, -0.05) is 0 Å². The van der Waals surface area contributed by atoms with Gasteiger partial charge < -0.3 is 14.0 Å². The minimum Gasteiger partial charge on any atom is -0.352 e. The number of anilines is 1. The normalized spacial score (nSPS) is 16.0. The number of aromatic nitrogens is 5. The number of nitrogens with zero attached hydrogens (tertiary/aromatic N) is 7. The van der Waals surface area contributed by atoms with Gasteiger partial charge in [0.15, 0.2) is 16.7 Å². The monoisotopic (exact) mass is 401 g/mol. The SMILES string of the molecule is CC(C)n1cnc(S(=O)(=O)N2CCN(c3ccc(-n4cccc4)nn3)CC2)c1. The van der Waals surface area contributed by atoms with Gasteiger partial charge in [0.05, 0.1) is 6.33 Å². The van der Waals surface area contributed by atoms with Gasteiger partial charge >= 0.3 is 0 Å². The third-order valence-corrected chi connectivity index (χ3v) is 6.63. The maximum absolute atomic E-state index is 12.8. The van der Waals surface area contributed by atoms with E-state index in [2.05, 4.69) is 15.2 Å². The van der Waals surface area contributed by atoms with Crippen molar-refractivity contribution in [2.24, 2.45) is 0 Å². The highest BCUT2D eigenvalue weighted by atomic mass is 32.2. The van der Waals surface area contributed by atoms with E-state index in [-0.39, 0.29) is 11.1 Å². The van der Waals surface area contributed by atoms with Gasteiger partial charge in [-0.3, -0.25) is 0 Å². The summed E-state index contributed by atoms with van der Waals surface area (Å²) in [6.07, 6.45) is 6.98. The molecular formula is C18H23N7O2S. The Bertz CT molecular complexity index is 1020. The van der Waals surface area contributed by atoms with Crippen molar-refractivity contribution < 1.29 is 8.42 Å². The molecule has 9 nitrogen and oxygen atoms in total. The van der Waals surface area contributed by atoms with Gasteiger partial charge in [-0.05, 0) is 38.1 Å². The predicted molar refractivity (Wildman–Crippen MR) is 105 cm³/mol. The molecule has 4 heterocycles. The summed E-state index contributed by atoms with van der Waals surface area (Å²) in [4.78, 5) is 6.14. The molecule has 4 rings (SSSR count). The summed E-state index contributed by atoms with van der Waals surface area (Å²) >= 11 is 0. The Kier molecular flexibility index (Phi) is 4.90. The zero-order valence-corrected chi connectivity index (χ0v) is 16.7. The van der Waals surface area contributed by atoms with E-state index in [1.54, 1.807) is 17.1 Å². The van der Waals surface area contributed by atoms with Gasteiger partial charge in [0.25, 0.3) is 10.0 Å². The van der Waals surface area contributed by atoms with E-state index < -0.39 is 10.0 Å². The third kappa shape index (κ3) is 3.52. The number of hydrogen-bond acceptors (Lipinski definition) is 6. The van der Waals surface area contributed by atoms with Gasteiger partial charge in [0.2, 0.25) is 0 Å². The van der Waals surface area contributed by atoms with Crippen LogP contribution < -0.4 is 4.90 Å². The second-order valence-electron chi connectivity index (χ2n) is 6.98. The Hall–Kier alpha value is -2.72. The van der Waals surface area contributed by atoms with Gasteiger partial charge in [0, 0.05) is 50.8 Å². The van der Waals surface area contributed by atoms with E-state index in [0.717, 1.165) is 11.6 Å². The van der Waals surface area contributed by atoms with Crippen LogP contribution in [0.2, 0.25) is 0 Å². The van der Waals surface area contributed by atoms with Crippen LogP contribution in [0.15, 0.2) is 54.2 Å². The number of rotatable bonds is 5. The van der Waals surface area contributed by atoms with Crippen molar-refractivity contribution in [2.75, 3.05) is 31.1 Å². The molecule has 1 aliphatic rings. The molecule has 3 aromatic heterocycles. The molecule has 0 aromatic carbocycles. The van der Waals surface area contributed by atoms with Crippen LogP contribution in [0.3, 0.4) is 0 Å². The molecule has 1 aliphatic heterocycles. The zero-order valence-electron chi connectivity index (χ0n) is 15.9. The Morgan fingerprint density at radius 3 is 2.18 bits per heavy atom. The van der Waals surface area contributed by atoms with Gasteiger partial charge in [-0.25, -0.2) is 13.4 Å². The Balaban J connectivity index is 1.42. The topological polar surface area (TPSA) is 89.2 Å². The lowest BCUT2D eigenvalue weighted by Crippen LogP contribution is -2.49. The first-order valence-electron chi connectivity index (χ1n) is 9.21. The molecule has 0 amide bonds. The summed E-state index contributed by atoms with van der Waals surface area (Å²) in [5.41, 5.74) is 0. The van der Waals surface area contributed by atoms with E-state index in [9.17, 15) is 8.42 Å². The zero-order chi connectivity index (χ0) is 19.7. The lowest BCUT2D eigenvalue weighted by Gasteiger charge is -2.34. The lowest BCUT2D eigenvalue weighted by atomic mass is 10.3. The molecule has 0 N–H and O–H groups in total. The summed E-state index contributed by atoms with van der Waals surface area (Å²) in [6.45, 7) is 5.86. The highest BCUT2D eigenvalue weighted by molar-refractivity contribution is 7.89. The molecule has 148 valence electrons. The molecule has 3 aromatic rings. The number of sulfonamides is 1. The third-order valence-electron chi connectivity index (χ3n) is 4.85. The first kappa shape index (κ1) is 18.6. The molecule has 0 bridgehead atoms. The lowest BCUT2D eigenvalue weighted by molar-refractivity contribution is 0.382. The average Bonchev–Trinajstić information content (AvgIpc) is 3.41. The molecule has 28 heavy (non-hydrogen) atoms. The molecule has 0 spiro atoms. The fourth-order valence-corrected chi connectivity index (χ4v) is 4.48. The van der Waals surface area contributed by atoms with Crippen LogP contribution in [0, 0.1) is 0 Å². The van der Waals surface area contributed by atoms with Crippen LogP contribution in [0.5, 0.6) is 0 Å². The van der Waals surface area contributed by atoms with Crippen molar-refractivity contribution in [1.82, 2.24) is 28.6 Å². The van der Waals surface area contributed by atoms with E-state index >= 15 is 0 Å².